The van der Waals surface area contributed by atoms with E-state index in [-0.39, 0.29) is 46.0 Å². The Labute approximate surface area is 162 Å². The van der Waals surface area contributed by atoms with E-state index in [1.165, 1.54) is 51.3 Å². The largest absolute Gasteiger partial charge is 0.263 e. The fourth-order valence-corrected chi connectivity index (χ4v) is 6.16. The highest BCUT2D eigenvalue weighted by atomic mass is 35.5. The smallest absolute Gasteiger partial charge is 0.244 e. The van der Waals surface area contributed by atoms with E-state index in [9.17, 15) is 16.8 Å². The van der Waals surface area contributed by atoms with E-state index in [0.29, 0.717) is 0 Å². The number of nitrogens with zero attached hydrogens (tertiary/aromatic N) is 3. The summed E-state index contributed by atoms with van der Waals surface area (Å²) in [6.45, 7) is 0.160. The molecule has 0 N–H and O–H groups in total. The first-order valence-corrected chi connectivity index (χ1v) is 11.2. The van der Waals surface area contributed by atoms with Crippen molar-refractivity contribution in [2.24, 2.45) is 0 Å². The van der Waals surface area contributed by atoms with E-state index in [2.05, 4.69) is 4.98 Å². The van der Waals surface area contributed by atoms with E-state index >= 15 is 0 Å². The van der Waals surface area contributed by atoms with E-state index in [1.807, 2.05) is 0 Å². The number of hydrogen-bond donors (Lipinski definition) is 0. The van der Waals surface area contributed by atoms with Gasteiger partial charge >= 0.3 is 0 Å². The number of benzene rings is 1. The minimum atomic E-state index is -3.81. The van der Waals surface area contributed by atoms with Crippen molar-refractivity contribution in [1.29, 1.82) is 0 Å². The number of sulfonamides is 2. The van der Waals surface area contributed by atoms with Crippen LogP contribution in [0.1, 0.15) is 0 Å². The van der Waals surface area contributed by atoms with Crippen LogP contribution in [-0.2, 0) is 20.0 Å². The first-order chi connectivity index (χ1) is 12.2. The Bertz CT molecular complexity index is 986. The van der Waals surface area contributed by atoms with Gasteiger partial charge in [-0.3, -0.25) is 4.98 Å². The molecule has 0 aliphatic carbocycles. The molecule has 0 spiro atoms. The third kappa shape index (κ3) is 3.88. The third-order valence-corrected chi connectivity index (χ3v) is 8.14. The molecule has 1 aliphatic heterocycles. The lowest BCUT2D eigenvalue weighted by Crippen LogP contribution is -2.50. The highest BCUT2D eigenvalue weighted by molar-refractivity contribution is 7.89. The molecule has 1 fully saturated rings. The van der Waals surface area contributed by atoms with Gasteiger partial charge in [0.05, 0.1) is 4.90 Å². The molecule has 1 aromatic heterocycles. The Balaban J connectivity index is 1.78. The standard InChI is InChI=1S/C15H15Cl2N3O4S2/c16-12-8-13(17)10-15(9-12)26(23,24)20-6-4-19(5-7-20)25(21,22)14-2-1-3-18-11-14/h1-3,8-11H,4-7H2. The van der Waals surface area contributed by atoms with Crippen molar-refractivity contribution in [2.75, 3.05) is 26.2 Å². The van der Waals surface area contributed by atoms with Gasteiger partial charge in [-0.05, 0) is 30.3 Å². The summed E-state index contributed by atoms with van der Waals surface area (Å²) in [7, 11) is -7.51. The van der Waals surface area contributed by atoms with E-state index in [0.717, 1.165) is 0 Å². The summed E-state index contributed by atoms with van der Waals surface area (Å²) in [5, 5.41) is 0.433. The summed E-state index contributed by atoms with van der Waals surface area (Å²) in [6, 6.07) is 7.08. The first-order valence-electron chi connectivity index (χ1n) is 7.58. The molecule has 11 heteroatoms. The molecule has 0 unspecified atom stereocenters. The van der Waals surface area contributed by atoms with Crippen LogP contribution in [0.15, 0.2) is 52.5 Å². The monoisotopic (exact) mass is 435 g/mol. The second-order valence-corrected chi connectivity index (χ2v) is 10.4. The molecule has 0 atom stereocenters. The van der Waals surface area contributed by atoms with Gasteiger partial charge < -0.3 is 0 Å². The second kappa shape index (κ2) is 7.41. The fraction of sp³-hybridized carbons (Fsp3) is 0.267. The molecular weight excluding hydrogens is 421 g/mol. The van der Waals surface area contributed by atoms with Gasteiger partial charge in [0, 0.05) is 48.6 Å². The Kier molecular flexibility index (Phi) is 5.57. The topological polar surface area (TPSA) is 87.7 Å². The maximum Gasteiger partial charge on any atom is 0.244 e. The molecule has 2 aromatic rings. The summed E-state index contributed by atoms with van der Waals surface area (Å²) < 4.78 is 53.1. The van der Waals surface area contributed by atoms with Crippen LogP contribution in [-0.4, -0.2) is 56.6 Å². The van der Waals surface area contributed by atoms with Crippen molar-refractivity contribution in [3.8, 4) is 0 Å². The Morgan fingerprint density at radius 1 is 0.808 bits per heavy atom. The van der Waals surface area contributed by atoms with Crippen molar-refractivity contribution in [3.05, 3.63) is 52.8 Å². The molecule has 0 saturated carbocycles. The van der Waals surface area contributed by atoms with E-state index in [4.69, 9.17) is 23.2 Å². The van der Waals surface area contributed by atoms with E-state index < -0.39 is 20.0 Å². The van der Waals surface area contributed by atoms with Gasteiger partial charge in [-0.2, -0.15) is 8.61 Å². The third-order valence-electron chi connectivity index (χ3n) is 3.94. The van der Waals surface area contributed by atoms with Crippen LogP contribution in [0.25, 0.3) is 0 Å². The molecule has 3 rings (SSSR count). The number of piperazine rings is 1. The Hall–Kier alpha value is -1.23. The second-order valence-electron chi connectivity index (χ2n) is 5.60. The molecule has 7 nitrogen and oxygen atoms in total. The zero-order chi connectivity index (χ0) is 18.9. The maximum absolute atomic E-state index is 12.7. The van der Waals surface area contributed by atoms with Crippen molar-refractivity contribution in [3.63, 3.8) is 0 Å². The summed E-state index contributed by atoms with van der Waals surface area (Å²) in [4.78, 5) is 3.89. The molecule has 1 aromatic carbocycles. The number of aromatic nitrogens is 1. The molecule has 140 valence electrons. The predicted molar refractivity (Wildman–Crippen MR) is 98.2 cm³/mol. The minimum absolute atomic E-state index is 0.0152. The number of pyridine rings is 1. The van der Waals surface area contributed by atoms with Crippen molar-refractivity contribution in [2.45, 2.75) is 9.79 Å². The highest BCUT2D eigenvalue weighted by Crippen LogP contribution is 2.26. The zero-order valence-corrected chi connectivity index (χ0v) is 16.6. The molecular formula is C15H15Cl2N3O4S2. The van der Waals surface area contributed by atoms with Crippen molar-refractivity contribution >= 4 is 43.2 Å². The number of rotatable bonds is 4. The van der Waals surface area contributed by atoms with Crippen LogP contribution in [0.4, 0.5) is 0 Å². The van der Waals surface area contributed by atoms with Crippen LogP contribution in [0, 0.1) is 0 Å². The first kappa shape index (κ1) is 19.5. The summed E-state index contributed by atoms with van der Waals surface area (Å²) >= 11 is 11.8. The maximum atomic E-state index is 12.7. The fourth-order valence-electron chi connectivity index (χ4n) is 2.63. The molecule has 0 bridgehead atoms. The average Bonchev–Trinajstić information content (AvgIpc) is 2.62. The van der Waals surface area contributed by atoms with Gasteiger partial charge in [-0.15, -0.1) is 0 Å². The molecule has 26 heavy (non-hydrogen) atoms. The summed E-state index contributed by atoms with van der Waals surface area (Å²) in [6.07, 6.45) is 2.76. The van der Waals surface area contributed by atoms with E-state index in [1.54, 1.807) is 0 Å². The van der Waals surface area contributed by atoms with Crippen molar-refractivity contribution in [1.82, 2.24) is 13.6 Å². The van der Waals surface area contributed by atoms with Crippen LogP contribution in [0.2, 0.25) is 10.0 Å². The predicted octanol–water partition coefficient (Wildman–Crippen LogP) is 2.08. The molecule has 1 saturated heterocycles. The van der Waals surface area contributed by atoms with Gasteiger partial charge in [-0.1, -0.05) is 23.2 Å². The summed E-state index contributed by atoms with van der Waals surface area (Å²) in [5.74, 6) is 0. The average molecular weight is 436 g/mol. The minimum Gasteiger partial charge on any atom is -0.263 e. The number of halogens is 2. The molecule has 1 aliphatic rings. The van der Waals surface area contributed by atoms with Gasteiger partial charge in [0.2, 0.25) is 20.0 Å². The van der Waals surface area contributed by atoms with Gasteiger partial charge in [0.1, 0.15) is 4.90 Å². The van der Waals surface area contributed by atoms with Crippen LogP contribution in [0.5, 0.6) is 0 Å². The zero-order valence-electron chi connectivity index (χ0n) is 13.4. The van der Waals surface area contributed by atoms with Crippen LogP contribution >= 0.6 is 23.2 Å². The lowest BCUT2D eigenvalue weighted by atomic mass is 10.4. The Morgan fingerprint density at radius 2 is 1.31 bits per heavy atom. The van der Waals surface area contributed by atoms with Crippen molar-refractivity contribution < 1.29 is 16.8 Å². The molecule has 0 amide bonds. The van der Waals surface area contributed by atoms with Crippen LogP contribution < -0.4 is 0 Å². The van der Waals surface area contributed by atoms with Crippen LogP contribution in [0.3, 0.4) is 0 Å². The summed E-state index contributed by atoms with van der Waals surface area (Å²) in [5.41, 5.74) is 0. The molecule has 0 radical (unpaired) electrons. The lowest BCUT2D eigenvalue weighted by molar-refractivity contribution is 0.273. The highest BCUT2D eigenvalue weighted by Gasteiger charge is 2.34. The normalized spacial score (nSPS) is 17.3. The molecule has 2 heterocycles. The van der Waals surface area contributed by atoms with Gasteiger partial charge in [-0.25, -0.2) is 16.8 Å². The van der Waals surface area contributed by atoms with Gasteiger partial charge in [0.25, 0.3) is 0 Å². The van der Waals surface area contributed by atoms with Gasteiger partial charge in [0.15, 0.2) is 0 Å². The quantitative estimate of drug-likeness (QED) is 0.733. The number of hydrogen-bond acceptors (Lipinski definition) is 5. The SMILES string of the molecule is O=S(=O)(c1cccnc1)N1CCN(S(=O)(=O)c2cc(Cl)cc(Cl)c2)CC1. The Morgan fingerprint density at radius 3 is 1.77 bits per heavy atom. The lowest BCUT2D eigenvalue weighted by Gasteiger charge is -2.33.